The first-order valence-electron chi connectivity index (χ1n) is 9.28. The molecule has 3 aromatic heterocycles. The van der Waals surface area contributed by atoms with Gasteiger partial charge in [0, 0.05) is 43.8 Å². The van der Waals surface area contributed by atoms with Gasteiger partial charge in [0.1, 0.15) is 5.65 Å². The van der Waals surface area contributed by atoms with Gasteiger partial charge in [-0.25, -0.2) is 4.98 Å². The fourth-order valence-electron chi connectivity index (χ4n) is 3.48. The molecule has 7 heteroatoms. The molecular formula is C19H25N5O2. The molecule has 0 aromatic carbocycles. The maximum absolute atomic E-state index is 5.62. The molecule has 0 amide bonds. The molecule has 7 nitrogen and oxygen atoms in total. The summed E-state index contributed by atoms with van der Waals surface area (Å²) in [6, 6.07) is 6.17. The number of hydrogen-bond donors (Lipinski definition) is 1. The summed E-state index contributed by atoms with van der Waals surface area (Å²) in [5.41, 5.74) is 2.10. The Morgan fingerprint density at radius 1 is 1.27 bits per heavy atom. The second kappa shape index (κ2) is 7.55. The number of nitrogens with one attached hydrogen (secondary N) is 1. The topological polar surface area (TPSA) is 77.5 Å². The molecule has 1 aliphatic heterocycles. The Morgan fingerprint density at radius 2 is 2.12 bits per heavy atom. The minimum Gasteiger partial charge on any atom is -0.381 e. The van der Waals surface area contributed by atoms with Crippen molar-refractivity contribution >= 4 is 5.65 Å². The highest BCUT2D eigenvalue weighted by Crippen LogP contribution is 2.30. The lowest BCUT2D eigenvalue weighted by molar-refractivity contribution is 0.0485. The first kappa shape index (κ1) is 17.2. The fraction of sp³-hybridized carbons (Fsp3) is 0.526. The zero-order valence-electron chi connectivity index (χ0n) is 15.3. The minimum atomic E-state index is 0.0256. The van der Waals surface area contributed by atoms with Crippen molar-refractivity contribution in [3.8, 4) is 0 Å². The van der Waals surface area contributed by atoms with Crippen LogP contribution in [0.4, 0.5) is 0 Å². The van der Waals surface area contributed by atoms with E-state index in [2.05, 4.69) is 44.8 Å². The van der Waals surface area contributed by atoms with Crippen molar-refractivity contribution in [3.63, 3.8) is 0 Å². The standard InChI is InChI=1S/C19H25N5O2/c1-13(2)18-22-19(26-23-18)17(14-6-10-25-11-7-14)21-12-15-4-3-5-16-20-8-9-24(15)16/h3-5,8-9,13-14,17,21H,6-7,10-12H2,1-2H3/t17-/m0/s1. The summed E-state index contributed by atoms with van der Waals surface area (Å²) < 4.78 is 13.2. The Bertz CT molecular complexity index is 850. The highest BCUT2D eigenvalue weighted by atomic mass is 16.5. The van der Waals surface area contributed by atoms with Gasteiger partial charge in [0.25, 0.3) is 0 Å². The van der Waals surface area contributed by atoms with E-state index in [9.17, 15) is 0 Å². The van der Waals surface area contributed by atoms with Crippen molar-refractivity contribution < 1.29 is 9.26 Å². The number of ether oxygens (including phenoxy) is 1. The number of nitrogens with zero attached hydrogens (tertiary/aromatic N) is 4. The molecule has 1 atom stereocenters. The van der Waals surface area contributed by atoms with Crippen LogP contribution in [0.3, 0.4) is 0 Å². The average Bonchev–Trinajstić information content (AvgIpc) is 3.33. The van der Waals surface area contributed by atoms with Crippen molar-refractivity contribution in [2.45, 2.75) is 45.2 Å². The molecule has 0 bridgehead atoms. The van der Waals surface area contributed by atoms with Crippen molar-refractivity contribution in [1.29, 1.82) is 0 Å². The van der Waals surface area contributed by atoms with Gasteiger partial charge < -0.3 is 13.7 Å². The summed E-state index contributed by atoms with van der Waals surface area (Å²) in [6.45, 7) is 6.42. The van der Waals surface area contributed by atoms with Crippen LogP contribution in [0.25, 0.3) is 5.65 Å². The Hall–Kier alpha value is -2.25. The molecule has 0 aliphatic carbocycles. The van der Waals surface area contributed by atoms with Crippen LogP contribution in [0.15, 0.2) is 35.1 Å². The van der Waals surface area contributed by atoms with E-state index in [1.54, 1.807) is 0 Å². The maximum Gasteiger partial charge on any atom is 0.244 e. The molecular weight excluding hydrogens is 330 g/mol. The van der Waals surface area contributed by atoms with Crippen LogP contribution < -0.4 is 5.32 Å². The third kappa shape index (κ3) is 3.50. The number of hydrogen-bond acceptors (Lipinski definition) is 6. The molecule has 4 rings (SSSR count). The Morgan fingerprint density at radius 3 is 2.88 bits per heavy atom. The van der Waals surface area contributed by atoms with E-state index in [1.807, 2.05) is 24.5 Å². The van der Waals surface area contributed by atoms with E-state index in [-0.39, 0.29) is 12.0 Å². The quantitative estimate of drug-likeness (QED) is 0.732. The van der Waals surface area contributed by atoms with Crippen LogP contribution in [0.2, 0.25) is 0 Å². The van der Waals surface area contributed by atoms with E-state index in [4.69, 9.17) is 9.26 Å². The van der Waals surface area contributed by atoms with E-state index >= 15 is 0 Å². The third-order valence-electron chi connectivity index (χ3n) is 4.99. The molecule has 26 heavy (non-hydrogen) atoms. The summed E-state index contributed by atoms with van der Waals surface area (Å²) >= 11 is 0. The van der Waals surface area contributed by atoms with Crippen LogP contribution in [0, 0.1) is 5.92 Å². The number of rotatable bonds is 6. The molecule has 138 valence electrons. The highest BCUT2D eigenvalue weighted by molar-refractivity contribution is 5.39. The summed E-state index contributed by atoms with van der Waals surface area (Å²) in [5.74, 6) is 2.11. The van der Waals surface area contributed by atoms with Gasteiger partial charge in [0.2, 0.25) is 5.89 Å². The van der Waals surface area contributed by atoms with Crippen molar-refractivity contribution in [2.24, 2.45) is 5.92 Å². The molecule has 3 aromatic rings. The first-order chi connectivity index (χ1) is 12.7. The number of imidazole rings is 1. The Labute approximate surface area is 152 Å². The SMILES string of the molecule is CC(C)c1noc([C@@H](NCc2cccc3nccn23)C2CCOCC2)n1. The lowest BCUT2D eigenvalue weighted by Crippen LogP contribution is -2.32. The molecule has 0 saturated carbocycles. The smallest absolute Gasteiger partial charge is 0.244 e. The van der Waals surface area contributed by atoms with Crippen LogP contribution in [-0.4, -0.2) is 32.7 Å². The van der Waals surface area contributed by atoms with Gasteiger partial charge in [-0.05, 0) is 30.9 Å². The van der Waals surface area contributed by atoms with Gasteiger partial charge in [-0.2, -0.15) is 4.98 Å². The molecule has 1 saturated heterocycles. The van der Waals surface area contributed by atoms with Crippen molar-refractivity contribution in [3.05, 3.63) is 48.0 Å². The predicted octanol–water partition coefficient (Wildman–Crippen LogP) is 3.10. The van der Waals surface area contributed by atoms with E-state index < -0.39 is 0 Å². The Balaban J connectivity index is 1.57. The maximum atomic E-state index is 5.62. The van der Waals surface area contributed by atoms with Crippen LogP contribution >= 0.6 is 0 Å². The zero-order valence-corrected chi connectivity index (χ0v) is 15.3. The van der Waals surface area contributed by atoms with Gasteiger partial charge in [-0.3, -0.25) is 5.32 Å². The first-order valence-corrected chi connectivity index (χ1v) is 9.28. The van der Waals surface area contributed by atoms with Crippen LogP contribution in [-0.2, 0) is 11.3 Å². The average molecular weight is 355 g/mol. The van der Waals surface area contributed by atoms with Gasteiger partial charge in [-0.1, -0.05) is 25.1 Å². The summed E-state index contributed by atoms with van der Waals surface area (Å²) in [7, 11) is 0. The van der Waals surface area contributed by atoms with E-state index in [0.717, 1.165) is 43.2 Å². The molecule has 0 unspecified atom stereocenters. The van der Waals surface area contributed by atoms with Gasteiger partial charge in [0.15, 0.2) is 5.82 Å². The molecule has 1 fully saturated rings. The normalized spacial score (nSPS) is 17.2. The lowest BCUT2D eigenvalue weighted by atomic mass is 9.91. The Kier molecular flexibility index (Phi) is 4.99. The number of fused-ring (bicyclic) bond motifs is 1. The second-order valence-corrected chi connectivity index (χ2v) is 7.13. The number of aromatic nitrogens is 4. The van der Waals surface area contributed by atoms with Gasteiger partial charge >= 0.3 is 0 Å². The summed E-state index contributed by atoms with van der Waals surface area (Å²) in [5, 5.41) is 7.81. The monoisotopic (exact) mass is 355 g/mol. The second-order valence-electron chi connectivity index (χ2n) is 7.13. The number of pyridine rings is 1. The van der Waals surface area contributed by atoms with E-state index in [0.29, 0.717) is 18.4 Å². The predicted molar refractivity (Wildman–Crippen MR) is 96.7 cm³/mol. The van der Waals surface area contributed by atoms with E-state index in [1.165, 1.54) is 0 Å². The fourth-order valence-corrected chi connectivity index (χ4v) is 3.48. The molecule has 0 radical (unpaired) electrons. The van der Waals surface area contributed by atoms with Gasteiger partial charge in [0.05, 0.1) is 6.04 Å². The van der Waals surface area contributed by atoms with Crippen LogP contribution in [0.5, 0.6) is 0 Å². The zero-order chi connectivity index (χ0) is 17.9. The summed E-state index contributed by atoms with van der Waals surface area (Å²) in [6.07, 6.45) is 5.79. The van der Waals surface area contributed by atoms with Crippen molar-refractivity contribution in [2.75, 3.05) is 13.2 Å². The largest absolute Gasteiger partial charge is 0.381 e. The highest BCUT2D eigenvalue weighted by Gasteiger charge is 2.30. The summed E-state index contributed by atoms with van der Waals surface area (Å²) in [4.78, 5) is 9.00. The van der Waals surface area contributed by atoms with Crippen LogP contribution in [0.1, 0.15) is 56.1 Å². The molecule has 0 spiro atoms. The molecule has 4 heterocycles. The lowest BCUT2D eigenvalue weighted by Gasteiger charge is -2.28. The van der Waals surface area contributed by atoms with Crippen molar-refractivity contribution in [1.82, 2.24) is 24.8 Å². The minimum absolute atomic E-state index is 0.0256. The molecule has 1 N–H and O–H groups in total. The molecule has 1 aliphatic rings. The third-order valence-corrected chi connectivity index (χ3v) is 4.99. The van der Waals surface area contributed by atoms with Gasteiger partial charge in [-0.15, -0.1) is 0 Å².